The molecule has 0 saturated carbocycles. The van der Waals surface area contributed by atoms with Gasteiger partial charge in [0, 0.05) is 6.04 Å². The Morgan fingerprint density at radius 2 is 1.67 bits per heavy atom. The molecule has 0 aromatic carbocycles. The fraction of sp³-hybridized carbons (Fsp3) is 1.00. The Balaban J connectivity index is 2.54. The van der Waals surface area contributed by atoms with Crippen LogP contribution in [-0.2, 0) is 0 Å². The first-order chi connectivity index (χ1) is 5.55. The summed E-state index contributed by atoms with van der Waals surface area (Å²) in [7, 11) is 0. The van der Waals surface area contributed by atoms with Crippen LogP contribution < -0.4 is 0 Å². The van der Waals surface area contributed by atoms with Gasteiger partial charge in [0.25, 0.3) is 0 Å². The molecule has 1 rings (SSSR count). The first kappa shape index (κ1) is 10.0. The van der Waals surface area contributed by atoms with E-state index in [0.29, 0.717) is 5.41 Å². The van der Waals surface area contributed by atoms with Crippen LogP contribution in [0.5, 0.6) is 0 Å². The molecule has 1 aliphatic rings. The Hall–Kier alpha value is -0.0400. The Morgan fingerprint density at radius 3 is 2.00 bits per heavy atom. The fourth-order valence-corrected chi connectivity index (χ4v) is 2.47. The van der Waals surface area contributed by atoms with E-state index in [1.807, 2.05) is 0 Å². The van der Waals surface area contributed by atoms with Crippen molar-refractivity contribution >= 4 is 0 Å². The number of likely N-dealkylation sites (tertiary alicyclic amines) is 1. The van der Waals surface area contributed by atoms with Crippen LogP contribution in [0.1, 0.15) is 47.0 Å². The largest absolute Gasteiger partial charge is 0.300 e. The molecule has 0 radical (unpaired) electrons. The molecule has 0 aromatic heterocycles. The van der Waals surface area contributed by atoms with Crippen molar-refractivity contribution in [3.63, 3.8) is 0 Å². The minimum atomic E-state index is 0.457. The average Bonchev–Trinajstić information content (AvgIpc) is 2.38. The summed E-state index contributed by atoms with van der Waals surface area (Å²) < 4.78 is 0. The number of rotatable bonds is 2. The zero-order valence-corrected chi connectivity index (χ0v) is 9.06. The maximum absolute atomic E-state index is 2.67. The predicted molar refractivity (Wildman–Crippen MR) is 54.3 cm³/mol. The van der Waals surface area contributed by atoms with E-state index < -0.39 is 0 Å². The molecule has 1 fully saturated rings. The van der Waals surface area contributed by atoms with Crippen molar-refractivity contribution < 1.29 is 0 Å². The summed E-state index contributed by atoms with van der Waals surface area (Å²) in [6.07, 6.45) is 4.11. The third-order valence-corrected chi connectivity index (χ3v) is 2.97. The highest BCUT2D eigenvalue weighted by atomic mass is 15.2. The van der Waals surface area contributed by atoms with Crippen molar-refractivity contribution in [1.82, 2.24) is 4.90 Å². The van der Waals surface area contributed by atoms with Gasteiger partial charge in [-0.15, -0.1) is 0 Å². The zero-order valence-electron chi connectivity index (χ0n) is 9.06. The lowest BCUT2D eigenvalue weighted by Crippen LogP contribution is -2.41. The van der Waals surface area contributed by atoms with Gasteiger partial charge in [-0.05, 0) is 37.8 Å². The summed E-state index contributed by atoms with van der Waals surface area (Å²) in [5.74, 6) is 0. The van der Waals surface area contributed by atoms with Crippen LogP contribution in [-0.4, -0.2) is 24.0 Å². The van der Waals surface area contributed by atoms with E-state index in [0.717, 1.165) is 6.04 Å². The van der Waals surface area contributed by atoms with E-state index in [-0.39, 0.29) is 0 Å². The van der Waals surface area contributed by atoms with Gasteiger partial charge < -0.3 is 0 Å². The summed E-state index contributed by atoms with van der Waals surface area (Å²) in [6, 6.07) is 0.792. The molecular weight excluding hydrogens is 146 g/mol. The van der Waals surface area contributed by atoms with E-state index in [9.17, 15) is 0 Å². The lowest BCUT2D eigenvalue weighted by molar-refractivity contribution is 0.120. The SMILES string of the molecule is CCC(N1CCCC1)C(C)(C)C. The van der Waals surface area contributed by atoms with Gasteiger partial charge in [-0.3, -0.25) is 4.90 Å². The van der Waals surface area contributed by atoms with Gasteiger partial charge in [0.1, 0.15) is 0 Å². The molecule has 0 amide bonds. The van der Waals surface area contributed by atoms with Gasteiger partial charge in [-0.2, -0.15) is 0 Å². The van der Waals surface area contributed by atoms with Crippen molar-refractivity contribution in [1.29, 1.82) is 0 Å². The Labute approximate surface area is 77.1 Å². The molecule has 0 aromatic rings. The molecular formula is C11H23N. The van der Waals surface area contributed by atoms with E-state index in [1.54, 1.807) is 0 Å². The molecule has 12 heavy (non-hydrogen) atoms. The molecule has 1 atom stereocenters. The minimum absolute atomic E-state index is 0.457. The second-order valence-electron chi connectivity index (χ2n) is 5.03. The van der Waals surface area contributed by atoms with E-state index in [2.05, 4.69) is 32.6 Å². The van der Waals surface area contributed by atoms with Gasteiger partial charge in [0.15, 0.2) is 0 Å². The predicted octanol–water partition coefficient (Wildman–Crippen LogP) is 2.91. The van der Waals surface area contributed by atoms with Gasteiger partial charge >= 0.3 is 0 Å². The molecule has 0 spiro atoms. The first-order valence-electron chi connectivity index (χ1n) is 5.29. The first-order valence-corrected chi connectivity index (χ1v) is 5.29. The lowest BCUT2D eigenvalue weighted by atomic mass is 9.84. The van der Waals surface area contributed by atoms with Crippen LogP contribution in [0.2, 0.25) is 0 Å². The molecule has 1 saturated heterocycles. The van der Waals surface area contributed by atoms with Gasteiger partial charge in [-0.1, -0.05) is 27.7 Å². The smallest absolute Gasteiger partial charge is 0.0141 e. The molecule has 0 bridgehead atoms. The van der Waals surface area contributed by atoms with Gasteiger partial charge in [0.05, 0.1) is 0 Å². The maximum Gasteiger partial charge on any atom is 0.0141 e. The highest BCUT2D eigenvalue weighted by molar-refractivity contribution is 4.84. The quantitative estimate of drug-likeness (QED) is 0.614. The van der Waals surface area contributed by atoms with E-state index in [1.165, 1.54) is 32.4 Å². The summed E-state index contributed by atoms with van der Waals surface area (Å²) >= 11 is 0. The molecule has 1 heterocycles. The second kappa shape index (κ2) is 3.78. The third kappa shape index (κ3) is 2.22. The van der Waals surface area contributed by atoms with Crippen LogP contribution >= 0.6 is 0 Å². The van der Waals surface area contributed by atoms with Crippen molar-refractivity contribution in [2.24, 2.45) is 5.41 Å². The summed E-state index contributed by atoms with van der Waals surface area (Å²) in [5.41, 5.74) is 0.457. The molecule has 72 valence electrons. The summed E-state index contributed by atoms with van der Waals surface area (Å²) in [6.45, 7) is 12.1. The fourth-order valence-electron chi connectivity index (χ4n) is 2.47. The Morgan fingerprint density at radius 1 is 1.17 bits per heavy atom. The highest BCUT2D eigenvalue weighted by Gasteiger charge is 2.29. The van der Waals surface area contributed by atoms with Gasteiger partial charge in [-0.25, -0.2) is 0 Å². The van der Waals surface area contributed by atoms with E-state index >= 15 is 0 Å². The maximum atomic E-state index is 2.67. The number of hydrogen-bond acceptors (Lipinski definition) is 1. The second-order valence-corrected chi connectivity index (χ2v) is 5.03. The van der Waals surface area contributed by atoms with Crippen LogP contribution in [0.25, 0.3) is 0 Å². The number of nitrogens with zero attached hydrogens (tertiary/aromatic N) is 1. The van der Waals surface area contributed by atoms with Crippen molar-refractivity contribution in [2.45, 2.75) is 53.0 Å². The molecule has 0 aliphatic carbocycles. The Bertz CT molecular complexity index is 128. The van der Waals surface area contributed by atoms with E-state index in [4.69, 9.17) is 0 Å². The average molecular weight is 169 g/mol. The Kier molecular flexibility index (Phi) is 3.16. The third-order valence-electron chi connectivity index (χ3n) is 2.97. The standard InChI is InChI=1S/C11H23N/c1-5-10(11(2,3)4)12-8-6-7-9-12/h10H,5-9H2,1-4H3. The molecule has 0 N–H and O–H groups in total. The zero-order chi connectivity index (χ0) is 9.19. The van der Waals surface area contributed by atoms with Crippen molar-refractivity contribution in [2.75, 3.05) is 13.1 Å². The topological polar surface area (TPSA) is 3.24 Å². The lowest BCUT2D eigenvalue weighted by Gasteiger charge is -2.37. The number of hydrogen-bond donors (Lipinski definition) is 0. The van der Waals surface area contributed by atoms with Crippen molar-refractivity contribution in [3.05, 3.63) is 0 Å². The van der Waals surface area contributed by atoms with Crippen LogP contribution in [0.4, 0.5) is 0 Å². The highest BCUT2D eigenvalue weighted by Crippen LogP contribution is 2.29. The minimum Gasteiger partial charge on any atom is -0.300 e. The summed E-state index contributed by atoms with van der Waals surface area (Å²) in [4.78, 5) is 2.67. The summed E-state index contributed by atoms with van der Waals surface area (Å²) in [5, 5.41) is 0. The van der Waals surface area contributed by atoms with Gasteiger partial charge in [0.2, 0.25) is 0 Å². The molecule has 1 unspecified atom stereocenters. The van der Waals surface area contributed by atoms with Crippen LogP contribution in [0.3, 0.4) is 0 Å². The molecule has 1 nitrogen and oxygen atoms in total. The molecule has 1 aliphatic heterocycles. The molecule has 1 heteroatoms. The van der Waals surface area contributed by atoms with Crippen molar-refractivity contribution in [3.8, 4) is 0 Å². The van der Waals surface area contributed by atoms with Crippen LogP contribution in [0.15, 0.2) is 0 Å². The monoisotopic (exact) mass is 169 g/mol. The van der Waals surface area contributed by atoms with Crippen LogP contribution in [0, 0.1) is 5.41 Å². The normalized spacial score (nSPS) is 23.0.